The number of rotatable bonds is 4. The van der Waals surface area contributed by atoms with Gasteiger partial charge in [-0.2, -0.15) is 0 Å². The maximum Gasteiger partial charge on any atom is 0.346 e. The van der Waals surface area contributed by atoms with Gasteiger partial charge in [-0.05, 0) is 31.2 Å². The van der Waals surface area contributed by atoms with E-state index < -0.39 is 12.1 Å². The van der Waals surface area contributed by atoms with Crippen molar-refractivity contribution in [2.24, 2.45) is 0 Å². The molecule has 0 aliphatic heterocycles. The Labute approximate surface area is 116 Å². The summed E-state index contributed by atoms with van der Waals surface area (Å²) in [5.74, 6) is 0.951. The molecule has 1 aromatic rings. The van der Waals surface area contributed by atoms with Crippen LogP contribution in [0.1, 0.15) is 34.6 Å². The Morgan fingerprint density at radius 1 is 0.947 bits per heavy atom. The molecule has 0 heterocycles. The number of hydrogen-bond acceptors (Lipinski definition) is 4. The Morgan fingerprint density at radius 3 is 1.74 bits per heavy atom. The Hall–Kier alpha value is -1.71. The average Bonchev–Trinajstić information content (AvgIpc) is 2.51. The van der Waals surface area contributed by atoms with Gasteiger partial charge in [0.05, 0.1) is 14.2 Å². The van der Waals surface area contributed by atoms with Gasteiger partial charge in [0, 0.05) is 0 Å². The van der Waals surface area contributed by atoms with Gasteiger partial charge >= 0.3 is 5.97 Å². The lowest BCUT2D eigenvalue weighted by molar-refractivity contribution is -0.147. The van der Waals surface area contributed by atoms with E-state index in [9.17, 15) is 4.79 Å². The molecule has 0 aliphatic carbocycles. The van der Waals surface area contributed by atoms with Gasteiger partial charge in [-0.1, -0.05) is 27.7 Å². The smallest absolute Gasteiger partial charge is 0.346 e. The summed E-state index contributed by atoms with van der Waals surface area (Å²) < 4.78 is 14.9. The molecule has 1 rings (SSSR count). The van der Waals surface area contributed by atoms with Gasteiger partial charge < -0.3 is 14.2 Å². The van der Waals surface area contributed by atoms with E-state index in [2.05, 4.69) is 4.74 Å². The third-order valence-corrected chi connectivity index (χ3v) is 1.91. The molecule has 4 nitrogen and oxygen atoms in total. The van der Waals surface area contributed by atoms with Gasteiger partial charge in [0.2, 0.25) is 0 Å². The first kappa shape index (κ1) is 19.6. The third-order valence-electron chi connectivity index (χ3n) is 1.91. The van der Waals surface area contributed by atoms with Crippen molar-refractivity contribution in [3.63, 3.8) is 0 Å². The second-order valence-corrected chi connectivity index (χ2v) is 2.96. The summed E-state index contributed by atoms with van der Waals surface area (Å²) >= 11 is 0. The molecule has 1 aromatic carbocycles. The van der Waals surface area contributed by atoms with E-state index in [4.69, 9.17) is 9.47 Å². The molecular formula is C15H26O4. The van der Waals surface area contributed by atoms with Crippen LogP contribution in [-0.4, -0.2) is 26.3 Å². The lowest BCUT2D eigenvalue weighted by atomic mass is 10.3. The van der Waals surface area contributed by atoms with E-state index in [1.54, 1.807) is 38.3 Å². The van der Waals surface area contributed by atoms with Crippen molar-refractivity contribution < 1.29 is 19.0 Å². The van der Waals surface area contributed by atoms with Crippen LogP contribution in [-0.2, 0) is 9.53 Å². The SMILES string of the molecule is CC.CC.COC(=O)C(C)Oc1ccc(OC)cc1. The van der Waals surface area contributed by atoms with Crippen LogP contribution in [0.2, 0.25) is 0 Å². The van der Waals surface area contributed by atoms with Crippen LogP contribution in [0.5, 0.6) is 11.5 Å². The van der Waals surface area contributed by atoms with Crippen LogP contribution in [0.4, 0.5) is 0 Å². The van der Waals surface area contributed by atoms with Crippen molar-refractivity contribution in [3.05, 3.63) is 24.3 Å². The van der Waals surface area contributed by atoms with Crippen molar-refractivity contribution in [3.8, 4) is 11.5 Å². The zero-order valence-electron chi connectivity index (χ0n) is 13.0. The molecule has 0 bridgehead atoms. The molecule has 19 heavy (non-hydrogen) atoms. The highest BCUT2D eigenvalue weighted by Crippen LogP contribution is 2.18. The van der Waals surface area contributed by atoms with Crippen molar-refractivity contribution in [1.29, 1.82) is 0 Å². The van der Waals surface area contributed by atoms with E-state index in [1.807, 2.05) is 27.7 Å². The van der Waals surface area contributed by atoms with Crippen molar-refractivity contribution >= 4 is 5.97 Å². The first-order valence-corrected chi connectivity index (χ1v) is 6.56. The van der Waals surface area contributed by atoms with Gasteiger partial charge in [0.25, 0.3) is 0 Å². The zero-order valence-corrected chi connectivity index (χ0v) is 13.0. The van der Waals surface area contributed by atoms with Crippen LogP contribution in [0.25, 0.3) is 0 Å². The molecule has 1 unspecified atom stereocenters. The second kappa shape index (κ2) is 12.7. The number of carbonyl (C=O) groups is 1. The van der Waals surface area contributed by atoms with Crippen molar-refractivity contribution in [2.45, 2.75) is 40.7 Å². The maximum atomic E-state index is 11.1. The number of ether oxygens (including phenoxy) is 3. The number of benzene rings is 1. The second-order valence-electron chi connectivity index (χ2n) is 2.96. The van der Waals surface area contributed by atoms with Crippen molar-refractivity contribution in [1.82, 2.24) is 0 Å². The molecule has 0 saturated heterocycles. The fourth-order valence-electron chi connectivity index (χ4n) is 1.07. The summed E-state index contributed by atoms with van der Waals surface area (Å²) in [5.41, 5.74) is 0. The molecule has 0 aromatic heterocycles. The van der Waals surface area contributed by atoms with E-state index in [0.29, 0.717) is 5.75 Å². The fraction of sp³-hybridized carbons (Fsp3) is 0.533. The van der Waals surface area contributed by atoms with Crippen molar-refractivity contribution in [2.75, 3.05) is 14.2 Å². The summed E-state index contributed by atoms with van der Waals surface area (Å²) in [7, 11) is 2.92. The summed E-state index contributed by atoms with van der Waals surface area (Å²) in [6.45, 7) is 9.63. The first-order chi connectivity index (χ1) is 9.17. The lowest BCUT2D eigenvalue weighted by Gasteiger charge is -2.12. The van der Waals surface area contributed by atoms with E-state index in [-0.39, 0.29) is 0 Å². The summed E-state index contributed by atoms with van der Waals surface area (Å²) in [4.78, 5) is 11.1. The molecule has 110 valence electrons. The Balaban J connectivity index is 0. The molecule has 0 radical (unpaired) electrons. The fourth-order valence-corrected chi connectivity index (χ4v) is 1.07. The quantitative estimate of drug-likeness (QED) is 0.783. The predicted octanol–water partition coefficient (Wildman–Crippen LogP) is 3.69. The predicted molar refractivity (Wildman–Crippen MR) is 77.8 cm³/mol. The van der Waals surface area contributed by atoms with Crippen LogP contribution in [0.15, 0.2) is 24.3 Å². The molecule has 0 spiro atoms. The molecule has 1 atom stereocenters. The van der Waals surface area contributed by atoms with Crippen LogP contribution in [0, 0.1) is 0 Å². The van der Waals surface area contributed by atoms with Crippen LogP contribution in [0.3, 0.4) is 0 Å². The van der Waals surface area contributed by atoms with Gasteiger partial charge in [-0.25, -0.2) is 4.79 Å². The normalized spacial score (nSPS) is 9.84. The Bertz CT molecular complexity index is 319. The lowest BCUT2D eigenvalue weighted by Crippen LogP contribution is -2.24. The van der Waals surface area contributed by atoms with Gasteiger partial charge in [-0.3, -0.25) is 0 Å². The summed E-state index contributed by atoms with van der Waals surface area (Å²) in [6, 6.07) is 7.00. The maximum absolute atomic E-state index is 11.1. The Morgan fingerprint density at radius 2 is 1.37 bits per heavy atom. The van der Waals surface area contributed by atoms with Crippen LogP contribution >= 0.6 is 0 Å². The molecule has 0 fully saturated rings. The molecular weight excluding hydrogens is 244 g/mol. The van der Waals surface area contributed by atoms with Gasteiger partial charge in [0.15, 0.2) is 6.10 Å². The standard InChI is InChI=1S/C11H14O4.2C2H6/c1-8(11(12)14-3)15-10-6-4-9(13-2)5-7-10;2*1-2/h4-8H,1-3H3;2*1-2H3. The van der Waals surface area contributed by atoms with E-state index in [1.165, 1.54) is 7.11 Å². The zero-order chi connectivity index (χ0) is 15.3. The monoisotopic (exact) mass is 270 g/mol. The molecule has 0 amide bonds. The topological polar surface area (TPSA) is 44.8 Å². The summed E-state index contributed by atoms with van der Waals surface area (Å²) in [6.07, 6.45) is -0.608. The van der Waals surface area contributed by atoms with Gasteiger partial charge in [0.1, 0.15) is 11.5 Å². The minimum absolute atomic E-state index is 0.397. The molecule has 4 heteroatoms. The first-order valence-electron chi connectivity index (χ1n) is 6.56. The minimum Gasteiger partial charge on any atom is -0.497 e. The number of esters is 1. The third kappa shape index (κ3) is 8.08. The number of hydrogen-bond donors (Lipinski definition) is 0. The van der Waals surface area contributed by atoms with E-state index in [0.717, 1.165) is 5.75 Å². The average molecular weight is 270 g/mol. The number of methoxy groups -OCH3 is 2. The molecule has 0 aliphatic rings. The minimum atomic E-state index is -0.608. The summed E-state index contributed by atoms with van der Waals surface area (Å²) in [5, 5.41) is 0. The number of carbonyl (C=O) groups excluding carboxylic acids is 1. The van der Waals surface area contributed by atoms with Crippen LogP contribution < -0.4 is 9.47 Å². The highest BCUT2D eigenvalue weighted by atomic mass is 16.6. The Kier molecular flexibility index (Phi) is 13.2. The van der Waals surface area contributed by atoms with E-state index >= 15 is 0 Å². The molecule has 0 N–H and O–H groups in total. The van der Waals surface area contributed by atoms with Gasteiger partial charge in [-0.15, -0.1) is 0 Å². The highest BCUT2D eigenvalue weighted by Gasteiger charge is 2.14. The highest BCUT2D eigenvalue weighted by molar-refractivity contribution is 5.74. The largest absolute Gasteiger partial charge is 0.497 e. The molecule has 0 saturated carbocycles.